The van der Waals surface area contributed by atoms with Crippen LogP contribution in [0.5, 0.6) is 0 Å². The van der Waals surface area contributed by atoms with Gasteiger partial charge in [0.25, 0.3) is 0 Å². The predicted octanol–water partition coefficient (Wildman–Crippen LogP) is 11.6. The highest BCUT2D eigenvalue weighted by molar-refractivity contribution is 9.10. The molecule has 2 aromatic heterocycles. The first-order chi connectivity index (χ1) is 22.1. The second-order valence-electron chi connectivity index (χ2n) is 11.5. The number of hydrogen-bond donors (Lipinski definition) is 0. The molecule has 2 nitrogen and oxygen atoms in total. The van der Waals surface area contributed by atoms with E-state index in [-0.39, 0.29) is 0 Å². The Kier molecular flexibility index (Phi) is 7.20. The number of halogens is 2. The standard InChI is InChI=1S/C41H28Br2N2/c42-31-17-14-27(15-18-31)33-22-23-39(38-13-7-8-24-44-38)45-40(33)28-16-20-34-35-21-19-32(43)26-37(35)41(36(34)25-28,29-9-3-1-4-10-29)30-11-5-2-6-12-30/h1,3-5,7-26H,2,6H2. The smallest absolute Gasteiger partial charge is 0.0894 e. The first-order valence-electron chi connectivity index (χ1n) is 15.2. The van der Waals surface area contributed by atoms with Crippen LogP contribution in [0.4, 0.5) is 0 Å². The first-order valence-corrected chi connectivity index (χ1v) is 16.8. The molecule has 0 aliphatic heterocycles. The van der Waals surface area contributed by atoms with Crippen molar-refractivity contribution in [3.05, 3.63) is 177 Å². The van der Waals surface area contributed by atoms with Crippen LogP contribution in [0.1, 0.15) is 29.5 Å². The largest absolute Gasteiger partial charge is 0.255 e. The van der Waals surface area contributed by atoms with Crippen molar-refractivity contribution in [3.8, 4) is 44.9 Å². The summed E-state index contributed by atoms with van der Waals surface area (Å²) in [5, 5.41) is 0. The van der Waals surface area contributed by atoms with Gasteiger partial charge in [-0.2, -0.15) is 0 Å². The van der Waals surface area contributed by atoms with E-state index in [1.54, 1.807) is 0 Å². The average Bonchev–Trinajstić information content (AvgIpc) is 3.39. The molecule has 45 heavy (non-hydrogen) atoms. The number of hydrogen-bond acceptors (Lipinski definition) is 2. The molecule has 0 N–H and O–H groups in total. The summed E-state index contributed by atoms with van der Waals surface area (Å²) in [7, 11) is 0. The molecule has 2 aliphatic rings. The van der Waals surface area contributed by atoms with Crippen LogP contribution >= 0.6 is 31.9 Å². The maximum atomic E-state index is 5.32. The van der Waals surface area contributed by atoms with Crippen molar-refractivity contribution in [2.24, 2.45) is 0 Å². The fraction of sp³-hybridized carbons (Fsp3) is 0.0732. The summed E-state index contributed by atoms with van der Waals surface area (Å²) >= 11 is 7.43. The van der Waals surface area contributed by atoms with Crippen LogP contribution in [0.15, 0.2) is 160 Å². The fourth-order valence-corrected chi connectivity index (χ4v) is 7.64. The van der Waals surface area contributed by atoms with Crippen molar-refractivity contribution in [2.75, 3.05) is 0 Å². The Balaban J connectivity index is 1.42. The molecule has 0 saturated carbocycles. The van der Waals surface area contributed by atoms with Crippen LogP contribution in [0.3, 0.4) is 0 Å². The highest BCUT2D eigenvalue weighted by Crippen LogP contribution is 2.58. The molecule has 0 spiro atoms. The van der Waals surface area contributed by atoms with E-state index >= 15 is 0 Å². The molecule has 2 heterocycles. The molecule has 4 heteroatoms. The van der Waals surface area contributed by atoms with Crippen molar-refractivity contribution < 1.29 is 0 Å². The van der Waals surface area contributed by atoms with Gasteiger partial charge in [0.1, 0.15) is 0 Å². The molecular formula is C41H28Br2N2. The second-order valence-corrected chi connectivity index (χ2v) is 13.4. The second kappa shape index (κ2) is 11.5. The van der Waals surface area contributed by atoms with Crippen LogP contribution in [0, 0.1) is 0 Å². The minimum absolute atomic E-state index is 0.459. The number of benzene rings is 4. The number of allylic oxidation sites excluding steroid dienone is 4. The highest BCUT2D eigenvalue weighted by atomic mass is 79.9. The summed E-state index contributed by atoms with van der Waals surface area (Å²) in [6.45, 7) is 0. The summed E-state index contributed by atoms with van der Waals surface area (Å²) < 4.78 is 2.13. The summed E-state index contributed by atoms with van der Waals surface area (Å²) in [6, 6.07) is 43.4. The molecule has 0 amide bonds. The Morgan fingerprint density at radius 2 is 1.29 bits per heavy atom. The SMILES string of the molecule is Brc1ccc(-c2ccc(-c3ccccn3)nc2-c2ccc3c(c2)C(C2=CCCC=C2)(c2ccccc2)c2cc(Br)ccc2-3)cc1. The average molecular weight is 708 g/mol. The highest BCUT2D eigenvalue weighted by Gasteiger charge is 2.47. The third-order valence-corrected chi connectivity index (χ3v) is 10.0. The van der Waals surface area contributed by atoms with E-state index in [2.05, 4.69) is 158 Å². The normalized spacial score (nSPS) is 16.6. The van der Waals surface area contributed by atoms with Gasteiger partial charge < -0.3 is 0 Å². The van der Waals surface area contributed by atoms with E-state index in [4.69, 9.17) is 4.98 Å². The minimum Gasteiger partial charge on any atom is -0.255 e. The predicted molar refractivity (Wildman–Crippen MR) is 192 cm³/mol. The summed E-state index contributed by atoms with van der Waals surface area (Å²) in [5.41, 5.74) is 13.2. The minimum atomic E-state index is -0.459. The van der Waals surface area contributed by atoms with Crippen LogP contribution < -0.4 is 0 Å². The summed E-state index contributed by atoms with van der Waals surface area (Å²) in [5.74, 6) is 0. The van der Waals surface area contributed by atoms with Crippen LogP contribution in [-0.2, 0) is 5.41 Å². The Morgan fingerprint density at radius 1 is 0.578 bits per heavy atom. The van der Waals surface area contributed by atoms with Crippen molar-refractivity contribution in [1.29, 1.82) is 0 Å². The maximum absolute atomic E-state index is 5.32. The number of pyridine rings is 2. The molecule has 8 rings (SSSR count). The summed E-state index contributed by atoms with van der Waals surface area (Å²) in [4.78, 5) is 9.95. The van der Waals surface area contributed by atoms with Crippen molar-refractivity contribution >= 4 is 31.9 Å². The van der Waals surface area contributed by atoms with Gasteiger partial charge in [-0.05, 0) is 106 Å². The van der Waals surface area contributed by atoms with Gasteiger partial charge >= 0.3 is 0 Å². The quantitative estimate of drug-likeness (QED) is 0.178. The first kappa shape index (κ1) is 28.1. The van der Waals surface area contributed by atoms with E-state index in [1.165, 1.54) is 33.4 Å². The van der Waals surface area contributed by atoms with Crippen LogP contribution in [-0.4, -0.2) is 9.97 Å². The van der Waals surface area contributed by atoms with Gasteiger partial charge in [-0.25, -0.2) is 4.98 Å². The molecule has 4 aromatic carbocycles. The zero-order valence-corrected chi connectivity index (χ0v) is 27.6. The Hall–Kier alpha value is -4.38. The number of fused-ring (bicyclic) bond motifs is 3. The number of nitrogens with zero attached hydrogens (tertiary/aromatic N) is 2. The third kappa shape index (κ3) is 4.75. The summed E-state index contributed by atoms with van der Waals surface area (Å²) in [6.07, 6.45) is 11.0. The Labute approximate surface area is 280 Å². The Morgan fingerprint density at radius 3 is 2.04 bits per heavy atom. The lowest BCUT2D eigenvalue weighted by atomic mass is 9.66. The lowest BCUT2D eigenvalue weighted by Crippen LogP contribution is -2.29. The molecule has 1 atom stereocenters. The molecule has 216 valence electrons. The van der Waals surface area contributed by atoms with Gasteiger partial charge in [0, 0.05) is 26.3 Å². The van der Waals surface area contributed by atoms with Gasteiger partial charge in [-0.15, -0.1) is 0 Å². The van der Waals surface area contributed by atoms with E-state index in [9.17, 15) is 0 Å². The van der Waals surface area contributed by atoms with E-state index < -0.39 is 5.41 Å². The fourth-order valence-electron chi connectivity index (χ4n) is 7.01. The molecule has 1 unspecified atom stereocenters. The molecule has 0 radical (unpaired) electrons. The van der Waals surface area contributed by atoms with Crippen LogP contribution in [0.2, 0.25) is 0 Å². The van der Waals surface area contributed by atoms with Gasteiger partial charge in [0.15, 0.2) is 0 Å². The molecule has 6 aromatic rings. The topological polar surface area (TPSA) is 25.8 Å². The van der Waals surface area contributed by atoms with E-state index in [1.807, 2.05) is 24.4 Å². The van der Waals surface area contributed by atoms with Gasteiger partial charge in [-0.1, -0.05) is 117 Å². The molecule has 0 fully saturated rings. The lowest BCUT2D eigenvalue weighted by Gasteiger charge is -2.36. The van der Waals surface area contributed by atoms with Gasteiger partial charge in [0.05, 0.1) is 22.5 Å². The monoisotopic (exact) mass is 706 g/mol. The van der Waals surface area contributed by atoms with E-state index in [0.29, 0.717) is 0 Å². The van der Waals surface area contributed by atoms with Gasteiger partial charge in [0.2, 0.25) is 0 Å². The molecular weight excluding hydrogens is 680 g/mol. The molecule has 0 bridgehead atoms. The number of aromatic nitrogens is 2. The van der Waals surface area contributed by atoms with Crippen molar-refractivity contribution in [2.45, 2.75) is 18.3 Å². The van der Waals surface area contributed by atoms with Crippen LogP contribution in [0.25, 0.3) is 44.9 Å². The lowest BCUT2D eigenvalue weighted by molar-refractivity contribution is 0.751. The maximum Gasteiger partial charge on any atom is 0.0894 e. The molecule has 2 aliphatic carbocycles. The zero-order chi connectivity index (χ0) is 30.4. The van der Waals surface area contributed by atoms with Crippen molar-refractivity contribution in [3.63, 3.8) is 0 Å². The van der Waals surface area contributed by atoms with Gasteiger partial charge in [-0.3, -0.25) is 4.98 Å². The zero-order valence-electron chi connectivity index (χ0n) is 24.4. The number of rotatable bonds is 5. The molecule has 0 saturated heterocycles. The third-order valence-electron chi connectivity index (χ3n) is 8.99. The van der Waals surface area contributed by atoms with E-state index in [0.717, 1.165) is 55.6 Å². The van der Waals surface area contributed by atoms with Crippen molar-refractivity contribution in [1.82, 2.24) is 9.97 Å². The Bertz CT molecular complexity index is 2120.